The molecule has 24 heavy (non-hydrogen) atoms. The predicted molar refractivity (Wildman–Crippen MR) is 109 cm³/mol. The van der Waals surface area contributed by atoms with Crippen LogP contribution in [0.1, 0.15) is 55.4 Å². The molecule has 0 saturated carbocycles. The molecule has 142 valence electrons. The highest BCUT2D eigenvalue weighted by molar-refractivity contribution is 8.76. The Morgan fingerprint density at radius 2 is 0.958 bits per heavy atom. The number of hydrogen-bond donors (Lipinski definition) is 2. The van der Waals surface area contributed by atoms with Gasteiger partial charge in [0.25, 0.3) is 0 Å². The van der Waals surface area contributed by atoms with E-state index in [9.17, 15) is 9.59 Å². The van der Waals surface area contributed by atoms with Crippen LogP contribution in [0, 0.1) is 11.8 Å². The third kappa shape index (κ3) is 10.1. The molecule has 0 bridgehead atoms. The van der Waals surface area contributed by atoms with Crippen molar-refractivity contribution in [2.45, 2.75) is 79.6 Å². The summed E-state index contributed by atoms with van der Waals surface area (Å²) in [5, 5.41) is 6.71. The van der Waals surface area contributed by atoms with E-state index in [2.05, 4.69) is 38.3 Å². The van der Waals surface area contributed by atoms with Gasteiger partial charge in [0.1, 0.15) is 0 Å². The lowest BCUT2D eigenvalue weighted by atomic mass is 10.0. The zero-order valence-corrected chi connectivity index (χ0v) is 18.1. The van der Waals surface area contributed by atoms with Crippen LogP contribution in [0.2, 0.25) is 0 Å². The average Bonchev–Trinajstić information content (AvgIpc) is 2.46. The van der Waals surface area contributed by atoms with Gasteiger partial charge < -0.3 is 10.6 Å². The van der Waals surface area contributed by atoms with Crippen LogP contribution >= 0.6 is 21.6 Å². The molecule has 0 saturated heterocycles. The smallest absolute Gasteiger partial charge is 0.153 e. The number of carbonyl (C=O) groups is 2. The van der Waals surface area contributed by atoms with Crippen LogP contribution in [0.4, 0.5) is 0 Å². The van der Waals surface area contributed by atoms with E-state index in [0.717, 1.165) is 11.5 Å². The molecule has 2 unspecified atom stereocenters. The predicted octanol–water partition coefficient (Wildman–Crippen LogP) is 3.55. The maximum Gasteiger partial charge on any atom is 0.153 e. The molecule has 0 rings (SSSR count). The molecule has 0 radical (unpaired) electrons. The molecule has 0 aliphatic rings. The van der Waals surface area contributed by atoms with Crippen LogP contribution in [0.5, 0.6) is 0 Å². The zero-order valence-electron chi connectivity index (χ0n) is 16.5. The maximum atomic E-state index is 12.3. The van der Waals surface area contributed by atoms with Gasteiger partial charge in [-0.15, -0.1) is 0 Å². The van der Waals surface area contributed by atoms with E-state index in [1.165, 1.54) is 0 Å². The largest absolute Gasteiger partial charge is 0.305 e. The molecule has 0 aromatic rings. The molecule has 0 spiro atoms. The Hall–Kier alpha value is -0.0400. The van der Waals surface area contributed by atoms with Gasteiger partial charge in [0.15, 0.2) is 11.6 Å². The van der Waals surface area contributed by atoms with E-state index >= 15 is 0 Å². The molecular formula is C18H36N2O2S2. The second-order valence-corrected chi connectivity index (χ2v) is 9.98. The normalized spacial score (nSPS) is 14.7. The number of nitrogens with one attached hydrogen (secondary N) is 2. The maximum absolute atomic E-state index is 12.3. The van der Waals surface area contributed by atoms with E-state index in [1.54, 1.807) is 21.6 Å². The highest BCUT2D eigenvalue weighted by Crippen LogP contribution is 2.25. The molecule has 0 fully saturated rings. The molecule has 0 aromatic carbocycles. The minimum atomic E-state index is -0.125. The van der Waals surface area contributed by atoms with E-state index in [1.807, 2.05) is 27.7 Å². The number of rotatable bonds is 13. The molecule has 4 nitrogen and oxygen atoms in total. The Bertz CT molecular complexity index is 349. The number of carbonyl (C=O) groups excluding carboxylic acids is 2. The summed E-state index contributed by atoms with van der Waals surface area (Å²) in [5.41, 5.74) is 0. The van der Waals surface area contributed by atoms with Crippen molar-refractivity contribution in [3.8, 4) is 0 Å². The lowest BCUT2D eigenvalue weighted by molar-refractivity contribution is -0.124. The van der Waals surface area contributed by atoms with Crippen molar-refractivity contribution >= 4 is 33.2 Å². The fourth-order valence-electron chi connectivity index (χ4n) is 2.27. The Morgan fingerprint density at radius 1 is 0.667 bits per heavy atom. The van der Waals surface area contributed by atoms with Crippen LogP contribution in [0.3, 0.4) is 0 Å². The molecule has 0 aliphatic heterocycles. The second-order valence-electron chi connectivity index (χ2n) is 7.43. The van der Waals surface area contributed by atoms with Crippen molar-refractivity contribution in [2.24, 2.45) is 11.8 Å². The fraction of sp³-hybridized carbons (Fsp3) is 0.889. The molecule has 0 aliphatic carbocycles. The van der Waals surface area contributed by atoms with Crippen LogP contribution in [-0.4, -0.2) is 47.2 Å². The van der Waals surface area contributed by atoms with E-state index < -0.39 is 0 Å². The zero-order chi connectivity index (χ0) is 18.9. The first-order chi connectivity index (χ1) is 11.1. The Labute approximate surface area is 156 Å². The molecule has 0 amide bonds. The van der Waals surface area contributed by atoms with Gasteiger partial charge in [-0.3, -0.25) is 9.59 Å². The summed E-state index contributed by atoms with van der Waals surface area (Å²) in [7, 11) is 3.35. The third-order valence-electron chi connectivity index (χ3n) is 3.45. The van der Waals surface area contributed by atoms with Crippen molar-refractivity contribution in [1.29, 1.82) is 0 Å². The third-order valence-corrected chi connectivity index (χ3v) is 5.87. The first-order valence-corrected chi connectivity index (χ1v) is 11.4. The number of ketones is 2. The topological polar surface area (TPSA) is 58.2 Å². The van der Waals surface area contributed by atoms with Crippen molar-refractivity contribution in [3.63, 3.8) is 0 Å². The quantitative estimate of drug-likeness (QED) is 0.379. The van der Waals surface area contributed by atoms with Gasteiger partial charge in [-0.2, -0.15) is 0 Å². The summed E-state index contributed by atoms with van der Waals surface area (Å²) in [6.45, 7) is 16.0. The van der Waals surface area contributed by atoms with Gasteiger partial charge in [0, 0.05) is 35.4 Å². The van der Waals surface area contributed by atoms with Crippen LogP contribution in [-0.2, 0) is 9.59 Å². The highest BCUT2D eigenvalue weighted by atomic mass is 33.1. The lowest BCUT2D eigenvalue weighted by Gasteiger charge is -2.23. The van der Waals surface area contributed by atoms with E-state index in [4.69, 9.17) is 0 Å². The fourth-order valence-corrected chi connectivity index (χ4v) is 4.65. The van der Waals surface area contributed by atoms with Crippen molar-refractivity contribution < 1.29 is 9.59 Å². The van der Waals surface area contributed by atoms with Crippen LogP contribution in [0.25, 0.3) is 0 Å². The monoisotopic (exact) mass is 376 g/mol. The van der Waals surface area contributed by atoms with E-state index in [-0.39, 0.29) is 47.6 Å². The highest BCUT2D eigenvalue weighted by Gasteiger charge is 2.24. The Balaban J connectivity index is 4.51. The van der Waals surface area contributed by atoms with Gasteiger partial charge in [0.05, 0.1) is 12.1 Å². The first kappa shape index (κ1) is 24.0. The molecular weight excluding hydrogens is 340 g/mol. The summed E-state index contributed by atoms with van der Waals surface area (Å²) in [5.74, 6) is 2.03. The standard InChI is InChI=1S/C18H36N2O2S2/c1-11(2)17(21)15(19-13(5)6)9-23-24-10-16(20-14(7)8)18(22)12(3)4/h11-16,19-20H,9-10H2,1-8H3. The molecule has 2 N–H and O–H groups in total. The lowest BCUT2D eigenvalue weighted by Crippen LogP contribution is -2.45. The SMILES string of the molecule is CC(C)NC(CSSCC(NC(C)C)C(=O)C(C)C)C(=O)C(C)C. The van der Waals surface area contributed by atoms with Crippen molar-refractivity contribution in [2.75, 3.05) is 11.5 Å². The summed E-state index contributed by atoms with van der Waals surface area (Å²) in [6.07, 6.45) is 0. The summed E-state index contributed by atoms with van der Waals surface area (Å²) in [6, 6.07) is 0.307. The number of Topliss-reactive ketones (excluding diaryl/α,β-unsaturated/α-hetero) is 2. The molecule has 0 heterocycles. The summed E-state index contributed by atoms with van der Waals surface area (Å²) >= 11 is 0. The molecule has 6 heteroatoms. The minimum absolute atomic E-state index is 0.0322. The minimum Gasteiger partial charge on any atom is -0.305 e. The van der Waals surface area contributed by atoms with Gasteiger partial charge in [-0.05, 0) is 0 Å². The summed E-state index contributed by atoms with van der Waals surface area (Å²) < 4.78 is 0. The Morgan fingerprint density at radius 3 is 1.17 bits per heavy atom. The summed E-state index contributed by atoms with van der Waals surface area (Å²) in [4.78, 5) is 24.6. The van der Waals surface area contributed by atoms with Crippen LogP contribution in [0.15, 0.2) is 0 Å². The van der Waals surface area contributed by atoms with Gasteiger partial charge in [0.2, 0.25) is 0 Å². The average molecular weight is 377 g/mol. The Kier molecular flexibility index (Phi) is 12.3. The van der Waals surface area contributed by atoms with Crippen molar-refractivity contribution in [1.82, 2.24) is 10.6 Å². The van der Waals surface area contributed by atoms with Gasteiger partial charge in [-0.1, -0.05) is 77.0 Å². The van der Waals surface area contributed by atoms with E-state index in [0.29, 0.717) is 0 Å². The second kappa shape index (κ2) is 12.3. The van der Waals surface area contributed by atoms with Gasteiger partial charge >= 0.3 is 0 Å². The molecule has 2 atom stereocenters. The number of hydrogen-bond acceptors (Lipinski definition) is 6. The first-order valence-electron chi connectivity index (χ1n) is 8.90. The van der Waals surface area contributed by atoms with Gasteiger partial charge in [-0.25, -0.2) is 0 Å². The van der Waals surface area contributed by atoms with Crippen LogP contribution < -0.4 is 10.6 Å². The van der Waals surface area contributed by atoms with Crippen molar-refractivity contribution in [3.05, 3.63) is 0 Å². The molecule has 0 aromatic heterocycles.